The topological polar surface area (TPSA) is 92.9 Å². The molecule has 184 valence electrons. The van der Waals surface area contributed by atoms with Crippen LogP contribution in [0.4, 0.5) is 0 Å². The first-order valence-corrected chi connectivity index (χ1v) is 13.0. The van der Waals surface area contributed by atoms with Gasteiger partial charge in [-0.3, -0.25) is 0 Å². The molecule has 0 spiro atoms. The van der Waals surface area contributed by atoms with Gasteiger partial charge >= 0.3 is 0 Å². The Morgan fingerprint density at radius 2 is 1.88 bits per heavy atom. The maximum Gasteiger partial charge on any atom is 0.279 e. The quantitative estimate of drug-likeness (QED) is 0.481. The Kier molecular flexibility index (Phi) is 7.47. The molecule has 0 radical (unpaired) electrons. The van der Waals surface area contributed by atoms with Gasteiger partial charge in [-0.2, -0.15) is 12.7 Å². The van der Waals surface area contributed by atoms with Crippen molar-refractivity contribution in [2.75, 3.05) is 33.4 Å². The molecule has 0 saturated carbocycles. The van der Waals surface area contributed by atoms with E-state index in [0.29, 0.717) is 31.2 Å². The van der Waals surface area contributed by atoms with Crippen molar-refractivity contribution in [1.29, 1.82) is 0 Å². The number of para-hydroxylation sites is 1. The number of methoxy groups -OCH3 is 1. The standard InChI is InChI=1S/C25H33N3O5S/c1-5-32-24-11-10-19(12-25(24)31-4)21(22-13-26-23-9-7-6-8-20(22)23)14-27-34(29,30)28-15-17(2)33-18(3)16-28/h6-13,17-18,21,26-27H,5,14-16H2,1-4H3/t17-,18-,21+/m1/s1. The third kappa shape index (κ3) is 5.22. The SMILES string of the molecule is CCOc1ccc([C@H](CNS(=O)(=O)N2C[C@@H](C)O[C@H](C)C2)c2c[nH]c3ccccc23)cc1OC. The lowest BCUT2D eigenvalue weighted by atomic mass is 9.91. The molecule has 2 aromatic carbocycles. The number of nitrogens with zero attached hydrogens (tertiary/aromatic N) is 1. The third-order valence-electron chi connectivity index (χ3n) is 6.08. The summed E-state index contributed by atoms with van der Waals surface area (Å²) < 4.78 is 47.7. The van der Waals surface area contributed by atoms with Gasteiger partial charge in [-0.05, 0) is 50.1 Å². The van der Waals surface area contributed by atoms with Gasteiger partial charge in [0, 0.05) is 42.7 Å². The molecule has 1 aliphatic rings. The summed E-state index contributed by atoms with van der Waals surface area (Å²) in [6.07, 6.45) is 1.64. The van der Waals surface area contributed by atoms with Crippen molar-refractivity contribution in [3.05, 3.63) is 59.8 Å². The molecule has 4 rings (SSSR count). The molecular formula is C25H33N3O5S. The molecule has 1 aliphatic heterocycles. The fourth-order valence-electron chi connectivity index (χ4n) is 4.57. The summed E-state index contributed by atoms with van der Waals surface area (Å²) in [7, 11) is -2.09. The van der Waals surface area contributed by atoms with E-state index in [1.807, 2.05) is 69.4 Å². The molecule has 0 bridgehead atoms. The van der Waals surface area contributed by atoms with E-state index in [2.05, 4.69) is 9.71 Å². The minimum absolute atomic E-state index is 0.153. The normalized spacial score (nSPS) is 20.4. The fraction of sp³-hybridized carbons (Fsp3) is 0.440. The Labute approximate surface area is 201 Å². The van der Waals surface area contributed by atoms with E-state index >= 15 is 0 Å². The second-order valence-electron chi connectivity index (χ2n) is 8.61. The maximum atomic E-state index is 13.2. The van der Waals surface area contributed by atoms with Gasteiger partial charge in [0.15, 0.2) is 11.5 Å². The lowest BCUT2D eigenvalue weighted by Gasteiger charge is -2.34. The highest BCUT2D eigenvalue weighted by atomic mass is 32.2. The highest BCUT2D eigenvalue weighted by molar-refractivity contribution is 7.87. The van der Waals surface area contributed by atoms with Crippen molar-refractivity contribution in [2.45, 2.75) is 38.9 Å². The first kappa shape index (κ1) is 24.5. The van der Waals surface area contributed by atoms with Crippen molar-refractivity contribution in [1.82, 2.24) is 14.0 Å². The zero-order valence-corrected chi connectivity index (χ0v) is 20.9. The average Bonchev–Trinajstić information content (AvgIpc) is 3.23. The van der Waals surface area contributed by atoms with Crippen LogP contribution in [0.15, 0.2) is 48.7 Å². The summed E-state index contributed by atoms with van der Waals surface area (Å²) in [5.74, 6) is 1.03. The van der Waals surface area contributed by atoms with Crippen LogP contribution >= 0.6 is 0 Å². The van der Waals surface area contributed by atoms with E-state index in [-0.39, 0.29) is 24.7 Å². The smallest absolute Gasteiger partial charge is 0.279 e. The highest BCUT2D eigenvalue weighted by Crippen LogP contribution is 2.36. The number of benzene rings is 2. The van der Waals surface area contributed by atoms with Crippen molar-refractivity contribution < 1.29 is 22.6 Å². The summed E-state index contributed by atoms with van der Waals surface area (Å²) in [6, 6.07) is 13.8. The second-order valence-corrected chi connectivity index (χ2v) is 10.4. The van der Waals surface area contributed by atoms with Gasteiger partial charge in [0.05, 0.1) is 25.9 Å². The number of fused-ring (bicyclic) bond motifs is 1. The lowest BCUT2D eigenvalue weighted by molar-refractivity contribution is -0.0443. The summed E-state index contributed by atoms with van der Waals surface area (Å²) in [5, 5.41) is 1.05. The van der Waals surface area contributed by atoms with E-state index in [1.165, 1.54) is 4.31 Å². The number of aromatic amines is 1. The van der Waals surface area contributed by atoms with Gasteiger partial charge in [-0.15, -0.1) is 0 Å². The van der Waals surface area contributed by atoms with Crippen LogP contribution in [0.25, 0.3) is 10.9 Å². The minimum atomic E-state index is -3.69. The Morgan fingerprint density at radius 1 is 1.15 bits per heavy atom. The predicted molar refractivity (Wildman–Crippen MR) is 133 cm³/mol. The molecular weight excluding hydrogens is 454 g/mol. The number of nitrogens with one attached hydrogen (secondary N) is 2. The summed E-state index contributed by atoms with van der Waals surface area (Å²) in [5.41, 5.74) is 2.93. The van der Waals surface area contributed by atoms with Crippen LogP contribution < -0.4 is 14.2 Å². The third-order valence-corrected chi connectivity index (χ3v) is 7.59. The number of morpholine rings is 1. The molecule has 0 aliphatic carbocycles. The molecule has 0 amide bonds. The summed E-state index contributed by atoms with van der Waals surface area (Å²) in [6.45, 7) is 7.07. The first-order chi connectivity index (χ1) is 16.3. The number of aromatic nitrogens is 1. The Hall–Kier alpha value is -2.59. The van der Waals surface area contributed by atoms with Crippen molar-refractivity contribution in [3.8, 4) is 11.5 Å². The van der Waals surface area contributed by atoms with E-state index in [9.17, 15) is 8.42 Å². The highest BCUT2D eigenvalue weighted by Gasteiger charge is 2.32. The second kappa shape index (κ2) is 10.4. The van der Waals surface area contributed by atoms with Crippen LogP contribution in [0.5, 0.6) is 11.5 Å². The maximum absolute atomic E-state index is 13.2. The molecule has 1 aromatic heterocycles. The zero-order chi connectivity index (χ0) is 24.3. The van der Waals surface area contributed by atoms with E-state index in [1.54, 1.807) is 7.11 Å². The van der Waals surface area contributed by atoms with Crippen LogP contribution in [-0.4, -0.2) is 63.3 Å². The van der Waals surface area contributed by atoms with Gasteiger partial charge in [0.1, 0.15) is 0 Å². The van der Waals surface area contributed by atoms with Gasteiger partial charge in [0.25, 0.3) is 10.2 Å². The van der Waals surface area contributed by atoms with E-state index < -0.39 is 10.2 Å². The van der Waals surface area contributed by atoms with Crippen molar-refractivity contribution >= 4 is 21.1 Å². The van der Waals surface area contributed by atoms with Crippen molar-refractivity contribution in [3.63, 3.8) is 0 Å². The predicted octanol–water partition coefficient (Wildman–Crippen LogP) is 3.65. The summed E-state index contributed by atoms with van der Waals surface area (Å²) in [4.78, 5) is 3.31. The van der Waals surface area contributed by atoms with Crippen LogP contribution in [0, 0.1) is 0 Å². The molecule has 8 nitrogen and oxygen atoms in total. The Morgan fingerprint density at radius 3 is 2.59 bits per heavy atom. The van der Waals surface area contributed by atoms with Crippen molar-refractivity contribution in [2.24, 2.45) is 0 Å². The van der Waals surface area contributed by atoms with Crippen LogP contribution in [0.1, 0.15) is 37.8 Å². The largest absolute Gasteiger partial charge is 0.493 e. The fourth-order valence-corrected chi connectivity index (χ4v) is 5.94. The molecule has 9 heteroatoms. The number of rotatable bonds is 9. The number of H-pyrrole nitrogens is 1. The molecule has 2 heterocycles. The lowest BCUT2D eigenvalue weighted by Crippen LogP contribution is -2.52. The molecule has 34 heavy (non-hydrogen) atoms. The molecule has 1 saturated heterocycles. The van der Waals surface area contributed by atoms with Gasteiger partial charge in [-0.1, -0.05) is 24.3 Å². The Balaban J connectivity index is 1.68. The molecule has 3 atom stereocenters. The Bertz CT molecular complexity index is 1220. The van der Waals surface area contributed by atoms with Crippen LogP contribution in [-0.2, 0) is 14.9 Å². The number of hydrogen-bond donors (Lipinski definition) is 2. The number of ether oxygens (including phenoxy) is 3. The van der Waals surface area contributed by atoms with Crippen LogP contribution in [0.2, 0.25) is 0 Å². The molecule has 2 N–H and O–H groups in total. The van der Waals surface area contributed by atoms with Gasteiger partial charge in [-0.25, -0.2) is 4.72 Å². The van der Waals surface area contributed by atoms with Gasteiger partial charge in [0.2, 0.25) is 0 Å². The minimum Gasteiger partial charge on any atom is -0.493 e. The van der Waals surface area contributed by atoms with Gasteiger partial charge < -0.3 is 19.2 Å². The molecule has 3 aromatic rings. The average molecular weight is 488 g/mol. The molecule has 0 unspecified atom stereocenters. The molecule has 1 fully saturated rings. The van der Waals surface area contributed by atoms with E-state index in [0.717, 1.165) is 22.0 Å². The number of hydrogen-bond acceptors (Lipinski definition) is 5. The monoisotopic (exact) mass is 487 g/mol. The van der Waals surface area contributed by atoms with Crippen LogP contribution in [0.3, 0.4) is 0 Å². The van der Waals surface area contributed by atoms with E-state index in [4.69, 9.17) is 14.2 Å². The summed E-state index contributed by atoms with van der Waals surface area (Å²) >= 11 is 0. The zero-order valence-electron chi connectivity index (χ0n) is 20.1. The first-order valence-electron chi connectivity index (χ1n) is 11.6.